The number of hydrogen-bond donors (Lipinski definition) is 1. The topological polar surface area (TPSA) is 59.4 Å². The minimum atomic E-state index is -0.00942. The molecule has 1 saturated heterocycles. The molecule has 7 heteroatoms. The number of carbonyl (C=O) groups excluding carboxylic acids is 1. The Hall–Kier alpha value is -1.70. The van der Waals surface area contributed by atoms with Gasteiger partial charge < -0.3 is 10.1 Å². The number of amides is 1. The van der Waals surface area contributed by atoms with E-state index in [1.807, 2.05) is 22.2 Å². The van der Waals surface area contributed by atoms with Gasteiger partial charge in [-0.3, -0.25) is 9.69 Å². The molecule has 0 radical (unpaired) electrons. The number of nitrogens with one attached hydrogen (secondary N) is 1. The van der Waals surface area contributed by atoms with E-state index < -0.39 is 0 Å². The van der Waals surface area contributed by atoms with Gasteiger partial charge in [-0.1, -0.05) is 6.07 Å². The summed E-state index contributed by atoms with van der Waals surface area (Å²) in [6.07, 6.45) is 1.71. The second kappa shape index (κ2) is 6.84. The summed E-state index contributed by atoms with van der Waals surface area (Å²) in [5.41, 5.74) is 0. The molecule has 21 heavy (non-hydrogen) atoms. The van der Waals surface area contributed by atoms with Gasteiger partial charge in [-0.2, -0.15) is 5.10 Å². The second-order valence-electron chi connectivity index (χ2n) is 4.89. The van der Waals surface area contributed by atoms with Crippen LogP contribution in [0.3, 0.4) is 0 Å². The van der Waals surface area contributed by atoms with E-state index in [4.69, 9.17) is 4.74 Å². The van der Waals surface area contributed by atoms with Crippen molar-refractivity contribution in [1.82, 2.24) is 14.7 Å². The third-order valence-corrected chi connectivity index (χ3v) is 4.20. The maximum absolute atomic E-state index is 12.1. The van der Waals surface area contributed by atoms with Gasteiger partial charge in [0.05, 0.1) is 32.5 Å². The molecule has 0 aromatic carbocycles. The molecule has 112 valence electrons. The first kappa shape index (κ1) is 14.2. The predicted octanol–water partition coefficient (Wildman–Crippen LogP) is 1.26. The van der Waals surface area contributed by atoms with Gasteiger partial charge >= 0.3 is 0 Å². The van der Waals surface area contributed by atoms with Crippen LogP contribution < -0.4 is 5.32 Å². The summed E-state index contributed by atoms with van der Waals surface area (Å²) in [5.74, 6) is 0.728. The highest BCUT2D eigenvalue weighted by molar-refractivity contribution is 7.09. The lowest BCUT2D eigenvalue weighted by Crippen LogP contribution is -2.41. The Labute approximate surface area is 127 Å². The van der Waals surface area contributed by atoms with Crippen molar-refractivity contribution in [3.8, 4) is 0 Å². The fourth-order valence-corrected chi connectivity index (χ4v) is 2.95. The summed E-state index contributed by atoms with van der Waals surface area (Å²) in [7, 11) is 0. The zero-order valence-electron chi connectivity index (χ0n) is 11.7. The minimum absolute atomic E-state index is 0.00942. The lowest BCUT2D eigenvalue weighted by atomic mass is 10.4. The highest BCUT2D eigenvalue weighted by Gasteiger charge is 2.15. The van der Waals surface area contributed by atoms with E-state index in [0.29, 0.717) is 26.3 Å². The summed E-state index contributed by atoms with van der Waals surface area (Å²) in [5, 5.41) is 9.24. The van der Waals surface area contributed by atoms with Crippen LogP contribution in [0.5, 0.6) is 0 Å². The summed E-state index contributed by atoms with van der Waals surface area (Å²) >= 11 is 1.68. The molecule has 0 aliphatic carbocycles. The van der Waals surface area contributed by atoms with Gasteiger partial charge in [-0.25, -0.2) is 4.68 Å². The third-order valence-electron chi connectivity index (χ3n) is 3.34. The van der Waals surface area contributed by atoms with E-state index in [1.165, 1.54) is 4.88 Å². The van der Waals surface area contributed by atoms with Crippen LogP contribution in [-0.4, -0.2) is 53.4 Å². The van der Waals surface area contributed by atoms with Gasteiger partial charge in [-0.15, -0.1) is 11.3 Å². The number of thiophene rings is 1. The van der Waals surface area contributed by atoms with E-state index in [-0.39, 0.29) is 5.91 Å². The molecule has 3 rings (SSSR count). The fourth-order valence-electron chi connectivity index (χ4n) is 2.26. The number of nitrogens with zero attached hydrogens (tertiary/aromatic N) is 3. The van der Waals surface area contributed by atoms with Crippen LogP contribution in [-0.2, 0) is 16.1 Å². The number of morpholine rings is 1. The van der Waals surface area contributed by atoms with Crippen LogP contribution in [0.1, 0.15) is 4.88 Å². The molecule has 1 aliphatic rings. The molecule has 0 unspecified atom stereocenters. The Morgan fingerprint density at radius 1 is 1.38 bits per heavy atom. The van der Waals surface area contributed by atoms with Gasteiger partial charge in [0.25, 0.3) is 0 Å². The normalized spacial score (nSPS) is 16.0. The Kier molecular flexibility index (Phi) is 4.64. The quantitative estimate of drug-likeness (QED) is 0.903. The zero-order chi connectivity index (χ0) is 14.5. The molecule has 0 atom stereocenters. The van der Waals surface area contributed by atoms with Crippen molar-refractivity contribution < 1.29 is 9.53 Å². The zero-order valence-corrected chi connectivity index (χ0v) is 12.5. The van der Waals surface area contributed by atoms with Gasteiger partial charge in [0.1, 0.15) is 5.82 Å². The van der Waals surface area contributed by atoms with Crippen LogP contribution in [0.25, 0.3) is 0 Å². The van der Waals surface area contributed by atoms with E-state index >= 15 is 0 Å². The van der Waals surface area contributed by atoms with Crippen molar-refractivity contribution in [3.63, 3.8) is 0 Å². The molecule has 0 saturated carbocycles. The van der Waals surface area contributed by atoms with Crippen LogP contribution >= 0.6 is 11.3 Å². The van der Waals surface area contributed by atoms with E-state index in [2.05, 4.69) is 21.4 Å². The molecule has 6 nitrogen and oxygen atoms in total. The molecular formula is C14H18N4O2S. The van der Waals surface area contributed by atoms with E-state index in [1.54, 1.807) is 17.5 Å². The van der Waals surface area contributed by atoms with Crippen molar-refractivity contribution in [1.29, 1.82) is 0 Å². The average molecular weight is 306 g/mol. The smallest absolute Gasteiger partial charge is 0.239 e. The molecule has 3 heterocycles. The third kappa shape index (κ3) is 3.90. The molecule has 0 bridgehead atoms. The highest BCUT2D eigenvalue weighted by Crippen LogP contribution is 2.14. The molecular weight excluding hydrogens is 288 g/mol. The summed E-state index contributed by atoms with van der Waals surface area (Å²) in [6, 6.07) is 5.90. The van der Waals surface area contributed by atoms with Crippen LogP contribution in [0.15, 0.2) is 29.8 Å². The maximum atomic E-state index is 12.1. The Bertz CT molecular complexity index is 576. The Morgan fingerprint density at radius 2 is 2.24 bits per heavy atom. The monoisotopic (exact) mass is 306 g/mol. The van der Waals surface area contributed by atoms with Crippen molar-refractivity contribution in [2.75, 3.05) is 38.2 Å². The van der Waals surface area contributed by atoms with Crippen LogP contribution in [0.4, 0.5) is 5.82 Å². The average Bonchev–Trinajstić information content (AvgIpc) is 3.13. The molecule has 1 fully saturated rings. The fraction of sp³-hybridized carbons (Fsp3) is 0.429. The van der Waals surface area contributed by atoms with Crippen LogP contribution in [0, 0.1) is 0 Å². The highest BCUT2D eigenvalue weighted by atomic mass is 32.1. The number of rotatable bonds is 5. The van der Waals surface area contributed by atoms with Crippen molar-refractivity contribution in [2.24, 2.45) is 0 Å². The van der Waals surface area contributed by atoms with E-state index in [9.17, 15) is 4.79 Å². The molecule has 1 amide bonds. The Balaban J connectivity index is 1.57. The molecule has 0 spiro atoms. The van der Waals surface area contributed by atoms with Crippen molar-refractivity contribution >= 4 is 23.1 Å². The van der Waals surface area contributed by atoms with Gasteiger partial charge in [0.15, 0.2) is 0 Å². The first-order valence-electron chi connectivity index (χ1n) is 6.95. The number of ether oxygens (including phenoxy) is 1. The lowest BCUT2D eigenvalue weighted by molar-refractivity contribution is -0.118. The second-order valence-corrected chi connectivity index (χ2v) is 5.92. The maximum Gasteiger partial charge on any atom is 0.239 e. The van der Waals surface area contributed by atoms with Crippen molar-refractivity contribution in [2.45, 2.75) is 6.54 Å². The minimum Gasteiger partial charge on any atom is -0.379 e. The van der Waals surface area contributed by atoms with Gasteiger partial charge in [0.2, 0.25) is 5.91 Å². The number of aromatic nitrogens is 2. The predicted molar refractivity (Wildman–Crippen MR) is 81.5 cm³/mol. The number of hydrogen-bond acceptors (Lipinski definition) is 5. The lowest BCUT2D eigenvalue weighted by Gasteiger charge is -2.25. The number of carbonyl (C=O) groups is 1. The first-order chi connectivity index (χ1) is 10.3. The first-order valence-corrected chi connectivity index (χ1v) is 7.83. The molecule has 2 aromatic heterocycles. The van der Waals surface area contributed by atoms with Crippen molar-refractivity contribution in [3.05, 3.63) is 34.7 Å². The number of anilines is 1. The van der Waals surface area contributed by atoms with Crippen LogP contribution in [0.2, 0.25) is 0 Å². The van der Waals surface area contributed by atoms with Gasteiger partial charge in [-0.05, 0) is 11.4 Å². The Morgan fingerprint density at radius 3 is 3.00 bits per heavy atom. The SMILES string of the molecule is O=C(CN1CCOCC1)Nc1ccnn1Cc1cccs1. The summed E-state index contributed by atoms with van der Waals surface area (Å²) in [4.78, 5) is 15.4. The summed E-state index contributed by atoms with van der Waals surface area (Å²) < 4.78 is 7.09. The largest absolute Gasteiger partial charge is 0.379 e. The standard InChI is InChI=1S/C14H18N4O2S/c19-14(11-17-5-7-20-8-6-17)16-13-3-4-15-18(13)10-12-2-1-9-21-12/h1-4,9H,5-8,10-11H2,(H,16,19). The molecule has 1 aliphatic heterocycles. The van der Waals surface area contributed by atoms with E-state index in [0.717, 1.165) is 18.9 Å². The van der Waals surface area contributed by atoms with Gasteiger partial charge in [0, 0.05) is 24.0 Å². The molecule has 1 N–H and O–H groups in total. The summed E-state index contributed by atoms with van der Waals surface area (Å²) in [6.45, 7) is 4.09. The molecule has 2 aromatic rings.